The number of nitrogens with one attached hydrogen (secondary N) is 2. The molecule has 23 heavy (non-hydrogen) atoms. The Labute approximate surface area is 137 Å². The Morgan fingerprint density at radius 2 is 1.91 bits per heavy atom. The first kappa shape index (κ1) is 17.2. The molecule has 124 valence electrons. The molecule has 1 saturated carbocycles. The Hall–Kier alpha value is -2.17. The van der Waals surface area contributed by atoms with Crippen molar-refractivity contribution in [2.45, 2.75) is 52.0 Å². The maximum atomic E-state index is 11.8. The summed E-state index contributed by atoms with van der Waals surface area (Å²) in [5, 5.41) is 7.05. The molecule has 1 fully saturated rings. The minimum absolute atomic E-state index is 0.121. The van der Waals surface area contributed by atoms with Gasteiger partial charge in [-0.25, -0.2) is 5.43 Å². The van der Waals surface area contributed by atoms with E-state index in [2.05, 4.69) is 22.8 Å². The fourth-order valence-corrected chi connectivity index (χ4v) is 2.79. The third kappa shape index (κ3) is 5.85. The van der Waals surface area contributed by atoms with E-state index in [4.69, 9.17) is 0 Å². The van der Waals surface area contributed by atoms with Crippen molar-refractivity contribution in [1.82, 2.24) is 10.7 Å². The highest BCUT2D eigenvalue weighted by molar-refractivity contribution is 5.90. The third-order valence-electron chi connectivity index (χ3n) is 4.19. The zero-order valence-electron chi connectivity index (χ0n) is 13.7. The van der Waals surface area contributed by atoms with Crippen LogP contribution in [-0.4, -0.2) is 17.5 Å². The average molecular weight is 315 g/mol. The van der Waals surface area contributed by atoms with Gasteiger partial charge in [-0.3, -0.25) is 9.59 Å². The van der Waals surface area contributed by atoms with Gasteiger partial charge in [0.15, 0.2) is 0 Å². The summed E-state index contributed by atoms with van der Waals surface area (Å²) in [5.74, 6) is 0.183. The SMILES string of the molecule is CCC1CCCC1=NNC(=O)CCC(=O)NCc1ccccc1. The normalized spacial score (nSPS) is 18.8. The molecule has 2 amide bonds. The lowest BCUT2D eigenvalue weighted by molar-refractivity contribution is -0.126. The molecule has 0 aromatic heterocycles. The predicted molar refractivity (Wildman–Crippen MR) is 90.7 cm³/mol. The molecule has 1 aliphatic carbocycles. The Morgan fingerprint density at radius 1 is 1.17 bits per heavy atom. The summed E-state index contributed by atoms with van der Waals surface area (Å²) in [5.41, 5.74) is 4.72. The zero-order chi connectivity index (χ0) is 16.5. The Bertz CT molecular complexity index is 555. The second kappa shape index (κ2) is 9.08. The highest BCUT2D eigenvalue weighted by Gasteiger charge is 2.20. The van der Waals surface area contributed by atoms with Crippen LogP contribution in [0.4, 0.5) is 0 Å². The molecule has 1 aliphatic rings. The van der Waals surface area contributed by atoms with Crippen molar-refractivity contribution in [3.8, 4) is 0 Å². The summed E-state index contributed by atoms with van der Waals surface area (Å²) in [4.78, 5) is 23.5. The molecule has 0 heterocycles. The second-order valence-electron chi connectivity index (χ2n) is 5.90. The van der Waals surface area contributed by atoms with Crippen molar-refractivity contribution in [3.05, 3.63) is 35.9 Å². The molecule has 0 bridgehead atoms. The van der Waals surface area contributed by atoms with E-state index in [1.54, 1.807) is 0 Å². The monoisotopic (exact) mass is 315 g/mol. The summed E-state index contributed by atoms with van der Waals surface area (Å²) in [7, 11) is 0. The van der Waals surface area contributed by atoms with Gasteiger partial charge in [0.25, 0.3) is 0 Å². The van der Waals surface area contributed by atoms with Gasteiger partial charge in [-0.15, -0.1) is 0 Å². The van der Waals surface area contributed by atoms with Crippen LogP contribution in [0.15, 0.2) is 35.4 Å². The smallest absolute Gasteiger partial charge is 0.240 e. The minimum Gasteiger partial charge on any atom is -0.352 e. The van der Waals surface area contributed by atoms with Crippen molar-refractivity contribution in [2.75, 3.05) is 0 Å². The van der Waals surface area contributed by atoms with Gasteiger partial charge in [0.05, 0.1) is 0 Å². The van der Waals surface area contributed by atoms with E-state index in [0.717, 1.165) is 37.0 Å². The van der Waals surface area contributed by atoms with Gasteiger partial charge >= 0.3 is 0 Å². The Morgan fingerprint density at radius 3 is 2.65 bits per heavy atom. The highest BCUT2D eigenvalue weighted by atomic mass is 16.2. The molecule has 1 atom stereocenters. The molecule has 5 heteroatoms. The lowest BCUT2D eigenvalue weighted by atomic mass is 10.0. The number of benzene rings is 1. The van der Waals surface area contributed by atoms with Crippen LogP contribution < -0.4 is 10.7 Å². The van der Waals surface area contributed by atoms with Crippen molar-refractivity contribution < 1.29 is 9.59 Å². The van der Waals surface area contributed by atoms with E-state index in [1.807, 2.05) is 30.3 Å². The first-order valence-electron chi connectivity index (χ1n) is 8.35. The number of nitrogens with zero attached hydrogens (tertiary/aromatic N) is 1. The molecule has 1 aromatic rings. The standard InChI is InChI=1S/C18H25N3O2/c1-2-15-9-6-10-16(15)20-21-18(23)12-11-17(22)19-13-14-7-4-3-5-8-14/h3-5,7-8,15H,2,6,9-13H2,1H3,(H,19,22)(H,21,23). The predicted octanol–water partition coefficient (Wildman–Crippen LogP) is 2.77. The molecular formula is C18H25N3O2. The van der Waals surface area contributed by atoms with Crippen molar-refractivity contribution >= 4 is 17.5 Å². The molecule has 1 unspecified atom stereocenters. The molecule has 0 spiro atoms. The van der Waals surface area contributed by atoms with Crippen LogP contribution in [-0.2, 0) is 16.1 Å². The molecule has 5 nitrogen and oxygen atoms in total. The van der Waals surface area contributed by atoms with Crippen LogP contribution >= 0.6 is 0 Å². The quantitative estimate of drug-likeness (QED) is 0.760. The summed E-state index contributed by atoms with van der Waals surface area (Å²) in [6, 6.07) is 9.70. The van der Waals surface area contributed by atoms with E-state index in [-0.39, 0.29) is 24.7 Å². The van der Waals surface area contributed by atoms with Crippen molar-refractivity contribution in [2.24, 2.45) is 11.0 Å². The fourth-order valence-electron chi connectivity index (χ4n) is 2.79. The van der Waals surface area contributed by atoms with Gasteiger partial charge in [-0.05, 0) is 37.2 Å². The van der Waals surface area contributed by atoms with Crippen LogP contribution in [0.1, 0.15) is 51.0 Å². The number of hydrazone groups is 1. The molecule has 0 aliphatic heterocycles. The fraction of sp³-hybridized carbons (Fsp3) is 0.500. The van der Waals surface area contributed by atoms with Crippen LogP contribution in [0.5, 0.6) is 0 Å². The highest BCUT2D eigenvalue weighted by Crippen LogP contribution is 2.24. The van der Waals surface area contributed by atoms with E-state index in [0.29, 0.717) is 12.5 Å². The summed E-state index contributed by atoms with van der Waals surface area (Å²) < 4.78 is 0. The summed E-state index contributed by atoms with van der Waals surface area (Å²) in [6.07, 6.45) is 4.68. The zero-order valence-corrected chi connectivity index (χ0v) is 13.7. The average Bonchev–Trinajstić information content (AvgIpc) is 3.04. The number of rotatable bonds is 7. The number of carbonyl (C=O) groups is 2. The lowest BCUT2D eigenvalue weighted by Crippen LogP contribution is -2.26. The lowest BCUT2D eigenvalue weighted by Gasteiger charge is -2.08. The van der Waals surface area contributed by atoms with Gasteiger partial charge in [-0.1, -0.05) is 37.3 Å². The van der Waals surface area contributed by atoms with Gasteiger partial charge in [0.1, 0.15) is 0 Å². The van der Waals surface area contributed by atoms with Crippen molar-refractivity contribution in [1.29, 1.82) is 0 Å². The first-order valence-corrected chi connectivity index (χ1v) is 8.35. The van der Waals surface area contributed by atoms with Gasteiger partial charge < -0.3 is 5.32 Å². The molecule has 2 rings (SSSR count). The van der Waals surface area contributed by atoms with Gasteiger partial charge in [0.2, 0.25) is 11.8 Å². The first-order chi connectivity index (χ1) is 11.2. The summed E-state index contributed by atoms with van der Waals surface area (Å²) >= 11 is 0. The minimum atomic E-state index is -0.200. The number of amides is 2. The van der Waals surface area contributed by atoms with E-state index < -0.39 is 0 Å². The Balaban J connectivity index is 1.66. The van der Waals surface area contributed by atoms with Gasteiger partial charge in [-0.2, -0.15) is 5.10 Å². The van der Waals surface area contributed by atoms with Crippen LogP contribution in [0.25, 0.3) is 0 Å². The maximum Gasteiger partial charge on any atom is 0.240 e. The third-order valence-corrected chi connectivity index (χ3v) is 4.19. The molecular weight excluding hydrogens is 290 g/mol. The van der Waals surface area contributed by atoms with Crippen molar-refractivity contribution in [3.63, 3.8) is 0 Å². The van der Waals surface area contributed by atoms with Gasteiger partial charge in [0, 0.05) is 25.1 Å². The second-order valence-corrected chi connectivity index (χ2v) is 5.90. The number of hydrogen-bond acceptors (Lipinski definition) is 3. The molecule has 2 N–H and O–H groups in total. The Kier molecular flexibility index (Phi) is 6.78. The topological polar surface area (TPSA) is 70.6 Å². The van der Waals surface area contributed by atoms with E-state index in [9.17, 15) is 9.59 Å². The van der Waals surface area contributed by atoms with E-state index in [1.165, 1.54) is 0 Å². The van der Waals surface area contributed by atoms with E-state index >= 15 is 0 Å². The molecule has 1 aromatic carbocycles. The largest absolute Gasteiger partial charge is 0.352 e. The summed E-state index contributed by atoms with van der Waals surface area (Å²) in [6.45, 7) is 2.63. The number of carbonyl (C=O) groups excluding carboxylic acids is 2. The van der Waals surface area contributed by atoms with Crippen LogP contribution in [0.3, 0.4) is 0 Å². The molecule has 0 saturated heterocycles. The molecule has 0 radical (unpaired) electrons. The van der Waals surface area contributed by atoms with Crippen LogP contribution in [0.2, 0.25) is 0 Å². The number of hydrogen-bond donors (Lipinski definition) is 2. The van der Waals surface area contributed by atoms with Crippen LogP contribution in [0, 0.1) is 5.92 Å². The maximum absolute atomic E-state index is 11.8.